The first-order valence-corrected chi connectivity index (χ1v) is 9.86. The molecule has 2 aromatic rings. The van der Waals surface area contributed by atoms with Gasteiger partial charge in [-0.2, -0.15) is 0 Å². The second kappa shape index (κ2) is 12.5. The molecular formula is C22H30FN3O4. The molecule has 0 aliphatic heterocycles. The fourth-order valence-corrected chi connectivity index (χ4v) is 2.68. The van der Waals surface area contributed by atoms with E-state index in [2.05, 4.69) is 10.3 Å². The maximum absolute atomic E-state index is 13.7. The SMILES string of the molecule is CCNC(=NCc1ccc(OCCO)c(OC)c1)N(C)CCOc1ccccc1F. The van der Waals surface area contributed by atoms with Gasteiger partial charge in [0.2, 0.25) is 0 Å². The Morgan fingerprint density at radius 3 is 2.57 bits per heavy atom. The third kappa shape index (κ3) is 7.11. The van der Waals surface area contributed by atoms with Crippen LogP contribution in [0.5, 0.6) is 17.2 Å². The van der Waals surface area contributed by atoms with Crippen molar-refractivity contribution in [2.24, 2.45) is 4.99 Å². The van der Waals surface area contributed by atoms with Crippen LogP contribution in [0.25, 0.3) is 0 Å². The Morgan fingerprint density at radius 1 is 1.10 bits per heavy atom. The first kappa shape index (κ1) is 23.3. The zero-order valence-corrected chi connectivity index (χ0v) is 17.7. The standard InChI is InChI=1S/C22H30FN3O4/c1-4-24-22(26(2)11-13-29-19-8-6-5-7-18(19)23)25-16-17-9-10-20(30-14-12-27)21(15-17)28-3/h5-10,15,27H,4,11-14,16H2,1-3H3,(H,24,25). The van der Waals surface area contributed by atoms with E-state index in [-0.39, 0.29) is 24.8 Å². The highest BCUT2D eigenvalue weighted by molar-refractivity contribution is 5.79. The van der Waals surface area contributed by atoms with Gasteiger partial charge >= 0.3 is 0 Å². The third-order valence-corrected chi connectivity index (χ3v) is 4.21. The molecule has 30 heavy (non-hydrogen) atoms. The lowest BCUT2D eigenvalue weighted by molar-refractivity contribution is 0.196. The number of halogens is 1. The molecule has 2 rings (SSSR count). The van der Waals surface area contributed by atoms with Crippen LogP contribution in [0.1, 0.15) is 12.5 Å². The van der Waals surface area contributed by atoms with Crippen molar-refractivity contribution >= 4 is 5.96 Å². The molecule has 0 aliphatic rings. The predicted octanol–water partition coefficient (Wildman–Crippen LogP) is 2.68. The molecule has 0 unspecified atom stereocenters. The molecule has 0 aliphatic carbocycles. The van der Waals surface area contributed by atoms with E-state index in [9.17, 15) is 4.39 Å². The van der Waals surface area contributed by atoms with Gasteiger partial charge in [0.05, 0.1) is 26.8 Å². The number of para-hydroxylation sites is 1. The first-order valence-electron chi connectivity index (χ1n) is 9.86. The topological polar surface area (TPSA) is 75.6 Å². The summed E-state index contributed by atoms with van der Waals surface area (Å²) in [6.45, 7) is 4.16. The second-order valence-corrected chi connectivity index (χ2v) is 6.43. The molecule has 2 aromatic carbocycles. The average molecular weight is 419 g/mol. The lowest BCUT2D eigenvalue weighted by atomic mass is 10.2. The van der Waals surface area contributed by atoms with Gasteiger partial charge < -0.3 is 29.5 Å². The molecule has 0 spiro atoms. The highest BCUT2D eigenvalue weighted by atomic mass is 19.1. The van der Waals surface area contributed by atoms with E-state index in [1.54, 1.807) is 31.4 Å². The summed E-state index contributed by atoms with van der Waals surface area (Å²) in [6, 6.07) is 11.9. The van der Waals surface area contributed by atoms with Crippen molar-refractivity contribution in [2.75, 3.05) is 47.1 Å². The minimum Gasteiger partial charge on any atom is -0.493 e. The quantitative estimate of drug-likeness (QED) is 0.431. The van der Waals surface area contributed by atoms with Gasteiger partial charge in [0.15, 0.2) is 29.0 Å². The molecule has 0 atom stereocenters. The van der Waals surface area contributed by atoms with Gasteiger partial charge in [-0.25, -0.2) is 9.38 Å². The molecule has 0 heterocycles. The summed E-state index contributed by atoms with van der Waals surface area (Å²) in [7, 11) is 3.47. The van der Waals surface area contributed by atoms with Crippen LogP contribution in [0.15, 0.2) is 47.5 Å². The number of ether oxygens (including phenoxy) is 3. The number of guanidine groups is 1. The Labute approximate surface area is 177 Å². The Balaban J connectivity index is 1.98. The molecular weight excluding hydrogens is 389 g/mol. The normalized spacial score (nSPS) is 11.2. The monoisotopic (exact) mass is 419 g/mol. The summed E-state index contributed by atoms with van der Waals surface area (Å²) < 4.78 is 30.0. The smallest absolute Gasteiger partial charge is 0.194 e. The van der Waals surface area contributed by atoms with Crippen LogP contribution in [0.4, 0.5) is 4.39 Å². The van der Waals surface area contributed by atoms with Crippen LogP contribution in [0.3, 0.4) is 0 Å². The van der Waals surface area contributed by atoms with Crippen LogP contribution in [-0.2, 0) is 6.54 Å². The second-order valence-electron chi connectivity index (χ2n) is 6.43. The van der Waals surface area contributed by atoms with Gasteiger partial charge in [0.25, 0.3) is 0 Å². The van der Waals surface area contributed by atoms with Crippen LogP contribution < -0.4 is 19.5 Å². The average Bonchev–Trinajstić information content (AvgIpc) is 2.76. The van der Waals surface area contributed by atoms with Crippen LogP contribution >= 0.6 is 0 Å². The molecule has 8 heteroatoms. The fourth-order valence-electron chi connectivity index (χ4n) is 2.68. The molecule has 0 aromatic heterocycles. The van der Waals surface area contributed by atoms with Gasteiger partial charge in [0, 0.05) is 13.6 Å². The Hall–Kier alpha value is -3.00. The Bertz CT molecular complexity index is 817. The summed E-state index contributed by atoms with van der Waals surface area (Å²) in [5.74, 6) is 1.75. The molecule has 0 saturated carbocycles. The van der Waals surface area contributed by atoms with Crippen molar-refractivity contribution in [3.63, 3.8) is 0 Å². The van der Waals surface area contributed by atoms with Gasteiger partial charge in [-0.3, -0.25) is 0 Å². The maximum atomic E-state index is 13.7. The molecule has 0 radical (unpaired) electrons. The zero-order valence-electron chi connectivity index (χ0n) is 17.7. The summed E-state index contributed by atoms with van der Waals surface area (Å²) in [5, 5.41) is 12.2. The minimum atomic E-state index is -0.374. The van der Waals surface area contributed by atoms with Crippen molar-refractivity contribution in [3.8, 4) is 17.2 Å². The van der Waals surface area contributed by atoms with Gasteiger partial charge in [-0.05, 0) is 36.8 Å². The zero-order chi connectivity index (χ0) is 21.8. The highest BCUT2D eigenvalue weighted by Gasteiger charge is 2.09. The Kier molecular flexibility index (Phi) is 9.73. The van der Waals surface area contributed by atoms with Crippen molar-refractivity contribution in [1.82, 2.24) is 10.2 Å². The fraction of sp³-hybridized carbons (Fsp3) is 0.409. The number of hydrogen-bond donors (Lipinski definition) is 2. The van der Waals surface area contributed by atoms with Crippen molar-refractivity contribution in [1.29, 1.82) is 0 Å². The molecule has 164 valence electrons. The summed E-state index contributed by atoms with van der Waals surface area (Å²) in [6.07, 6.45) is 0. The minimum absolute atomic E-state index is 0.0613. The van der Waals surface area contributed by atoms with E-state index in [4.69, 9.17) is 19.3 Å². The van der Waals surface area contributed by atoms with E-state index >= 15 is 0 Å². The molecule has 0 fully saturated rings. The van der Waals surface area contributed by atoms with Gasteiger partial charge in [0.1, 0.15) is 13.2 Å². The molecule has 0 amide bonds. The van der Waals surface area contributed by atoms with E-state index in [0.717, 1.165) is 5.56 Å². The maximum Gasteiger partial charge on any atom is 0.194 e. The van der Waals surface area contributed by atoms with E-state index < -0.39 is 0 Å². The number of benzene rings is 2. The number of rotatable bonds is 11. The van der Waals surface area contributed by atoms with Crippen molar-refractivity contribution in [3.05, 3.63) is 53.8 Å². The van der Waals surface area contributed by atoms with E-state index in [1.807, 2.05) is 31.0 Å². The van der Waals surface area contributed by atoms with Crippen molar-refractivity contribution < 1.29 is 23.7 Å². The summed E-state index contributed by atoms with van der Waals surface area (Å²) >= 11 is 0. The summed E-state index contributed by atoms with van der Waals surface area (Å²) in [4.78, 5) is 6.59. The Morgan fingerprint density at radius 2 is 1.87 bits per heavy atom. The molecule has 0 saturated heterocycles. The van der Waals surface area contributed by atoms with Gasteiger partial charge in [-0.1, -0.05) is 18.2 Å². The van der Waals surface area contributed by atoms with Crippen LogP contribution in [-0.4, -0.2) is 63.0 Å². The summed E-state index contributed by atoms with van der Waals surface area (Å²) in [5.41, 5.74) is 0.953. The number of hydrogen-bond acceptors (Lipinski definition) is 5. The van der Waals surface area contributed by atoms with E-state index in [1.165, 1.54) is 6.07 Å². The molecule has 7 nitrogen and oxygen atoms in total. The number of nitrogens with one attached hydrogen (secondary N) is 1. The largest absolute Gasteiger partial charge is 0.493 e. The number of aliphatic imine (C=N–C) groups is 1. The van der Waals surface area contributed by atoms with Gasteiger partial charge in [-0.15, -0.1) is 0 Å². The number of likely N-dealkylation sites (N-methyl/N-ethyl adjacent to an activating group) is 1. The van der Waals surface area contributed by atoms with Crippen LogP contribution in [0, 0.1) is 5.82 Å². The molecule has 2 N–H and O–H groups in total. The van der Waals surface area contributed by atoms with Crippen molar-refractivity contribution in [2.45, 2.75) is 13.5 Å². The predicted molar refractivity (Wildman–Crippen MR) is 115 cm³/mol. The first-order chi connectivity index (χ1) is 14.6. The third-order valence-electron chi connectivity index (χ3n) is 4.21. The van der Waals surface area contributed by atoms with E-state index in [0.29, 0.717) is 43.7 Å². The van der Waals surface area contributed by atoms with Crippen LogP contribution in [0.2, 0.25) is 0 Å². The number of aliphatic hydroxyl groups excluding tert-OH is 1. The highest BCUT2D eigenvalue weighted by Crippen LogP contribution is 2.28. The number of nitrogens with zero attached hydrogens (tertiary/aromatic N) is 2. The number of aliphatic hydroxyl groups is 1. The number of methoxy groups -OCH3 is 1. The lowest BCUT2D eigenvalue weighted by Gasteiger charge is -2.22. The molecule has 0 bridgehead atoms. The lowest BCUT2D eigenvalue weighted by Crippen LogP contribution is -2.40.